The van der Waals surface area contributed by atoms with E-state index in [1.54, 1.807) is 12.1 Å². The third-order valence-corrected chi connectivity index (χ3v) is 6.54. The molecule has 0 saturated carbocycles. The summed E-state index contributed by atoms with van der Waals surface area (Å²) >= 11 is 4.49. The van der Waals surface area contributed by atoms with E-state index in [2.05, 4.69) is 67.2 Å². The van der Waals surface area contributed by atoms with Gasteiger partial charge in [-0.05, 0) is 93.2 Å². The van der Waals surface area contributed by atoms with Gasteiger partial charge in [-0.25, -0.2) is 4.39 Å². The smallest absolute Gasteiger partial charge is 0.146 e. The fraction of sp³-hybridized carbons (Fsp3) is 0.208. The minimum Gasteiger partial charge on any atom is -0.487 e. The third-order valence-electron chi connectivity index (χ3n) is 4.94. The average molecular weight is 642 g/mol. The Morgan fingerprint density at radius 1 is 1.00 bits per heavy atom. The zero-order valence-electron chi connectivity index (χ0n) is 16.7. The second kappa shape index (κ2) is 10.7. The molecule has 1 heterocycles. The van der Waals surface area contributed by atoms with Gasteiger partial charge in [0.25, 0.3) is 0 Å². The minimum absolute atomic E-state index is 0.196. The summed E-state index contributed by atoms with van der Waals surface area (Å²) in [6, 6.07) is 19.0. The number of benzene rings is 3. The van der Waals surface area contributed by atoms with Crippen LogP contribution in [0.1, 0.15) is 11.1 Å². The SMILES string of the molecule is Fc1ccccc1COc1c(I)cc(C=Nc2ccc(N3CCOCC3)cc2)cc1I. The van der Waals surface area contributed by atoms with E-state index < -0.39 is 0 Å². The highest BCUT2D eigenvalue weighted by atomic mass is 127. The standard InChI is InChI=1S/C24H21FI2N2O2/c25-21-4-2-1-3-18(21)16-31-24-22(26)13-17(14-23(24)27)15-28-19-5-7-20(8-6-19)29-9-11-30-12-10-29/h1-8,13-15H,9-12,16H2. The molecule has 0 bridgehead atoms. The van der Waals surface area contributed by atoms with E-state index in [1.807, 2.05) is 36.5 Å². The van der Waals surface area contributed by atoms with E-state index in [4.69, 9.17) is 9.47 Å². The molecule has 1 aliphatic rings. The molecule has 0 spiro atoms. The Labute approximate surface area is 208 Å². The molecule has 0 aromatic heterocycles. The zero-order chi connectivity index (χ0) is 21.6. The first kappa shape index (κ1) is 22.5. The fourth-order valence-electron chi connectivity index (χ4n) is 3.28. The summed E-state index contributed by atoms with van der Waals surface area (Å²) in [5, 5.41) is 0. The Kier molecular flexibility index (Phi) is 7.78. The third kappa shape index (κ3) is 5.95. The summed E-state index contributed by atoms with van der Waals surface area (Å²) in [5.41, 5.74) is 3.63. The number of aliphatic imine (C=N–C) groups is 1. The van der Waals surface area contributed by atoms with Gasteiger partial charge in [-0.1, -0.05) is 18.2 Å². The summed E-state index contributed by atoms with van der Waals surface area (Å²) in [6.07, 6.45) is 1.86. The van der Waals surface area contributed by atoms with Crippen LogP contribution < -0.4 is 9.64 Å². The highest BCUT2D eigenvalue weighted by molar-refractivity contribution is 14.1. The number of anilines is 1. The van der Waals surface area contributed by atoms with Gasteiger partial charge in [0.2, 0.25) is 0 Å². The first-order valence-electron chi connectivity index (χ1n) is 9.92. The first-order chi connectivity index (χ1) is 15.1. The molecule has 1 saturated heterocycles. The first-order valence-corrected chi connectivity index (χ1v) is 12.1. The Balaban J connectivity index is 1.43. The van der Waals surface area contributed by atoms with Gasteiger partial charge in [0.1, 0.15) is 18.2 Å². The summed E-state index contributed by atoms with van der Waals surface area (Å²) < 4.78 is 27.1. The minimum atomic E-state index is -0.254. The van der Waals surface area contributed by atoms with Crippen molar-refractivity contribution >= 4 is 62.8 Å². The van der Waals surface area contributed by atoms with Crippen LogP contribution in [0.25, 0.3) is 0 Å². The largest absolute Gasteiger partial charge is 0.487 e. The second-order valence-electron chi connectivity index (χ2n) is 7.07. The van der Waals surface area contributed by atoms with Gasteiger partial charge >= 0.3 is 0 Å². The van der Waals surface area contributed by atoms with Crippen molar-refractivity contribution in [2.24, 2.45) is 4.99 Å². The predicted molar refractivity (Wildman–Crippen MR) is 139 cm³/mol. The predicted octanol–water partition coefficient (Wildman–Crippen LogP) is 6.20. The highest BCUT2D eigenvalue weighted by Gasteiger charge is 2.12. The quantitative estimate of drug-likeness (QED) is 0.238. The molecule has 0 aliphatic carbocycles. The van der Waals surface area contributed by atoms with Gasteiger partial charge in [0.15, 0.2) is 0 Å². The van der Waals surface area contributed by atoms with Gasteiger partial charge < -0.3 is 14.4 Å². The maximum Gasteiger partial charge on any atom is 0.146 e. The van der Waals surface area contributed by atoms with E-state index in [0.717, 1.165) is 50.4 Å². The molecule has 0 unspecified atom stereocenters. The molecule has 1 aliphatic heterocycles. The number of halogens is 3. The Hall–Kier alpha value is -1.72. The molecule has 4 rings (SSSR count). The fourth-order valence-corrected chi connectivity index (χ4v) is 5.41. The number of ether oxygens (including phenoxy) is 2. The maximum atomic E-state index is 13.8. The second-order valence-corrected chi connectivity index (χ2v) is 9.39. The van der Waals surface area contributed by atoms with Gasteiger partial charge in [-0.2, -0.15) is 0 Å². The van der Waals surface area contributed by atoms with E-state index in [0.29, 0.717) is 5.56 Å². The van der Waals surface area contributed by atoms with Crippen LogP contribution in [-0.2, 0) is 11.3 Å². The van der Waals surface area contributed by atoms with Crippen molar-refractivity contribution in [1.29, 1.82) is 0 Å². The van der Waals surface area contributed by atoms with Gasteiger partial charge in [-0.3, -0.25) is 4.99 Å². The van der Waals surface area contributed by atoms with E-state index in [-0.39, 0.29) is 12.4 Å². The van der Waals surface area contributed by atoms with Crippen molar-refractivity contribution in [1.82, 2.24) is 0 Å². The van der Waals surface area contributed by atoms with Crippen molar-refractivity contribution in [3.8, 4) is 5.75 Å². The van der Waals surface area contributed by atoms with Crippen molar-refractivity contribution in [3.05, 3.63) is 84.7 Å². The highest BCUT2D eigenvalue weighted by Crippen LogP contribution is 2.30. The number of nitrogens with zero attached hydrogens (tertiary/aromatic N) is 2. The lowest BCUT2D eigenvalue weighted by Gasteiger charge is -2.28. The van der Waals surface area contributed by atoms with Crippen molar-refractivity contribution in [2.45, 2.75) is 6.61 Å². The summed E-state index contributed by atoms with van der Waals surface area (Å²) in [4.78, 5) is 6.94. The van der Waals surface area contributed by atoms with Gasteiger partial charge in [0.05, 0.1) is 26.0 Å². The molecular weight excluding hydrogens is 621 g/mol. The Morgan fingerprint density at radius 2 is 1.68 bits per heavy atom. The average Bonchev–Trinajstić information content (AvgIpc) is 2.79. The summed E-state index contributed by atoms with van der Waals surface area (Å²) in [5.74, 6) is 0.507. The summed E-state index contributed by atoms with van der Waals surface area (Å²) in [6.45, 7) is 3.59. The van der Waals surface area contributed by atoms with E-state index in [1.165, 1.54) is 11.8 Å². The lowest BCUT2D eigenvalue weighted by atomic mass is 10.2. The number of morpholine rings is 1. The molecular formula is C24H21FI2N2O2. The zero-order valence-corrected chi connectivity index (χ0v) is 21.0. The van der Waals surface area contributed by atoms with E-state index >= 15 is 0 Å². The maximum absolute atomic E-state index is 13.8. The molecule has 4 nitrogen and oxygen atoms in total. The van der Waals surface area contributed by atoms with Crippen LogP contribution in [0.2, 0.25) is 0 Å². The normalized spacial score (nSPS) is 14.2. The Bertz CT molecular complexity index is 1040. The van der Waals surface area contributed by atoms with Gasteiger partial charge in [-0.15, -0.1) is 0 Å². The number of hydrogen-bond donors (Lipinski definition) is 0. The van der Waals surface area contributed by atoms with Crippen molar-refractivity contribution in [2.75, 3.05) is 31.2 Å². The lowest BCUT2D eigenvalue weighted by Crippen LogP contribution is -2.36. The molecule has 3 aromatic carbocycles. The molecule has 0 atom stereocenters. The van der Waals surface area contributed by atoms with Crippen LogP contribution in [0.15, 0.2) is 65.7 Å². The molecule has 7 heteroatoms. The van der Waals surface area contributed by atoms with Crippen LogP contribution in [-0.4, -0.2) is 32.5 Å². The van der Waals surface area contributed by atoms with Crippen LogP contribution >= 0.6 is 45.2 Å². The Morgan fingerprint density at radius 3 is 2.35 bits per heavy atom. The van der Waals surface area contributed by atoms with Crippen LogP contribution in [0.5, 0.6) is 5.75 Å². The van der Waals surface area contributed by atoms with E-state index in [9.17, 15) is 4.39 Å². The molecule has 0 N–H and O–H groups in total. The molecule has 31 heavy (non-hydrogen) atoms. The van der Waals surface area contributed by atoms with Crippen LogP contribution in [0, 0.1) is 13.0 Å². The van der Waals surface area contributed by atoms with Crippen molar-refractivity contribution < 1.29 is 13.9 Å². The van der Waals surface area contributed by atoms with Crippen LogP contribution in [0.4, 0.5) is 15.8 Å². The van der Waals surface area contributed by atoms with Crippen LogP contribution in [0.3, 0.4) is 0 Å². The number of hydrogen-bond acceptors (Lipinski definition) is 4. The molecule has 1 fully saturated rings. The molecule has 0 amide bonds. The number of rotatable bonds is 6. The topological polar surface area (TPSA) is 34.1 Å². The molecule has 3 aromatic rings. The van der Waals surface area contributed by atoms with Gasteiger partial charge in [0, 0.05) is 30.6 Å². The lowest BCUT2D eigenvalue weighted by molar-refractivity contribution is 0.122. The summed E-state index contributed by atoms with van der Waals surface area (Å²) in [7, 11) is 0. The van der Waals surface area contributed by atoms with Crippen molar-refractivity contribution in [3.63, 3.8) is 0 Å². The molecule has 160 valence electrons. The monoisotopic (exact) mass is 642 g/mol. The molecule has 0 radical (unpaired) electrons.